The van der Waals surface area contributed by atoms with Crippen LogP contribution in [-0.4, -0.2) is 25.1 Å². The van der Waals surface area contributed by atoms with Crippen molar-refractivity contribution in [1.82, 2.24) is 0 Å². The molecule has 96 valence electrons. The summed E-state index contributed by atoms with van der Waals surface area (Å²) in [6, 6.07) is 9.78. The molecule has 0 spiro atoms. The third-order valence-electron chi connectivity index (χ3n) is 3.22. The van der Waals surface area contributed by atoms with E-state index in [1.165, 1.54) is 0 Å². The van der Waals surface area contributed by atoms with Crippen LogP contribution in [0.3, 0.4) is 0 Å². The van der Waals surface area contributed by atoms with Gasteiger partial charge in [-0.05, 0) is 18.8 Å². The van der Waals surface area contributed by atoms with Crippen LogP contribution in [0.1, 0.15) is 33.1 Å². The molecule has 0 bridgehead atoms. The van der Waals surface area contributed by atoms with Crippen LogP contribution < -0.4 is 5.46 Å². The van der Waals surface area contributed by atoms with Crippen LogP contribution in [-0.2, 0) is 14.1 Å². The molecule has 0 radical (unpaired) electrons. The van der Waals surface area contributed by atoms with Crippen LogP contribution in [0.25, 0.3) is 0 Å². The quantitative estimate of drug-likeness (QED) is 0.745. The average molecular weight is 246 g/mol. The second kappa shape index (κ2) is 6.16. The third kappa shape index (κ3) is 3.00. The maximum Gasteiger partial charge on any atom is 0.494 e. The zero-order valence-electron chi connectivity index (χ0n) is 11.0. The predicted octanol–water partition coefficient (Wildman–Crippen LogP) is 1.94. The summed E-state index contributed by atoms with van der Waals surface area (Å²) >= 11 is 0. The maximum absolute atomic E-state index is 11.6. The van der Waals surface area contributed by atoms with Gasteiger partial charge in [-0.15, -0.1) is 0 Å². The van der Waals surface area contributed by atoms with E-state index in [2.05, 4.69) is 6.92 Å². The first-order valence-electron chi connectivity index (χ1n) is 6.58. The summed E-state index contributed by atoms with van der Waals surface area (Å²) in [5.74, 6) is 0.0505. The number of carbonyl (C=O) groups excluding carboxylic acids is 1. The van der Waals surface area contributed by atoms with Gasteiger partial charge in [-0.25, -0.2) is 0 Å². The molecule has 4 heteroatoms. The topological polar surface area (TPSA) is 35.5 Å². The van der Waals surface area contributed by atoms with Gasteiger partial charge in [0.25, 0.3) is 0 Å². The Morgan fingerprint density at radius 1 is 1.28 bits per heavy atom. The van der Waals surface area contributed by atoms with Gasteiger partial charge in [0.1, 0.15) is 6.10 Å². The Kier molecular flexibility index (Phi) is 4.56. The molecule has 0 unspecified atom stereocenters. The summed E-state index contributed by atoms with van der Waals surface area (Å²) in [5.41, 5.74) is 0.975. The van der Waals surface area contributed by atoms with Crippen molar-refractivity contribution in [3.8, 4) is 0 Å². The number of carbonyl (C=O) groups is 1. The standard InChI is InChI=1S/C14H19BO3/c1-3-4-10-13-14(11(2)16)18-15(17-13)12-8-6-5-7-9-12/h5-9,13-14H,3-4,10H2,1-2H3/t13-,14-/m1/s1. The number of hydrogen-bond donors (Lipinski definition) is 0. The van der Waals surface area contributed by atoms with E-state index >= 15 is 0 Å². The van der Waals surface area contributed by atoms with Crippen molar-refractivity contribution in [1.29, 1.82) is 0 Å². The van der Waals surface area contributed by atoms with Gasteiger partial charge >= 0.3 is 7.12 Å². The lowest BCUT2D eigenvalue weighted by atomic mass is 9.79. The van der Waals surface area contributed by atoms with Crippen LogP contribution in [0.15, 0.2) is 30.3 Å². The lowest BCUT2D eigenvalue weighted by Crippen LogP contribution is -2.33. The fourth-order valence-corrected chi connectivity index (χ4v) is 2.23. The van der Waals surface area contributed by atoms with E-state index in [1.807, 2.05) is 30.3 Å². The largest absolute Gasteiger partial charge is 0.494 e. The predicted molar refractivity (Wildman–Crippen MR) is 71.8 cm³/mol. The van der Waals surface area contributed by atoms with Crippen LogP contribution in [0.5, 0.6) is 0 Å². The summed E-state index contributed by atoms with van der Waals surface area (Å²) < 4.78 is 11.6. The third-order valence-corrected chi connectivity index (χ3v) is 3.22. The Labute approximate surface area is 109 Å². The average Bonchev–Trinajstić information content (AvgIpc) is 2.81. The number of Topliss-reactive ketones (excluding diaryl/α,β-unsaturated/α-hetero) is 1. The minimum Gasteiger partial charge on any atom is -0.401 e. The minimum absolute atomic E-state index is 0.0505. The van der Waals surface area contributed by atoms with Crippen LogP contribution in [0.2, 0.25) is 0 Å². The Morgan fingerprint density at radius 3 is 2.61 bits per heavy atom. The summed E-state index contributed by atoms with van der Waals surface area (Å²) in [4.78, 5) is 11.6. The Bertz CT molecular complexity index is 393. The molecular formula is C14H19BO3. The van der Waals surface area contributed by atoms with Crippen LogP contribution in [0, 0.1) is 0 Å². The van der Waals surface area contributed by atoms with Gasteiger partial charge < -0.3 is 9.31 Å². The molecule has 1 aromatic carbocycles. The number of benzene rings is 1. The molecule has 2 atom stereocenters. The van der Waals surface area contributed by atoms with E-state index in [0.717, 1.165) is 24.7 Å². The van der Waals surface area contributed by atoms with Gasteiger partial charge in [0.2, 0.25) is 0 Å². The molecule has 2 rings (SSSR count). The van der Waals surface area contributed by atoms with Gasteiger partial charge in [0.15, 0.2) is 5.78 Å². The molecule has 3 nitrogen and oxygen atoms in total. The van der Waals surface area contributed by atoms with Crippen molar-refractivity contribution in [2.24, 2.45) is 0 Å². The zero-order chi connectivity index (χ0) is 13.0. The summed E-state index contributed by atoms with van der Waals surface area (Å²) in [7, 11) is -0.401. The highest BCUT2D eigenvalue weighted by molar-refractivity contribution is 6.62. The Morgan fingerprint density at radius 2 is 2.00 bits per heavy atom. The van der Waals surface area contributed by atoms with E-state index < -0.39 is 13.2 Å². The number of ketones is 1. The molecule has 1 aliphatic rings. The number of hydrogen-bond acceptors (Lipinski definition) is 3. The first-order valence-corrected chi connectivity index (χ1v) is 6.58. The summed E-state index contributed by atoms with van der Waals surface area (Å²) in [6.45, 7) is 3.70. The number of rotatable bonds is 5. The van der Waals surface area contributed by atoms with E-state index in [-0.39, 0.29) is 11.9 Å². The van der Waals surface area contributed by atoms with Crippen molar-refractivity contribution in [2.45, 2.75) is 45.3 Å². The van der Waals surface area contributed by atoms with Gasteiger partial charge in [-0.3, -0.25) is 4.79 Å². The molecule has 1 heterocycles. The van der Waals surface area contributed by atoms with E-state index in [0.29, 0.717) is 0 Å². The molecule has 1 saturated heterocycles. The van der Waals surface area contributed by atoms with Crippen molar-refractivity contribution < 1.29 is 14.1 Å². The maximum atomic E-state index is 11.6. The highest BCUT2D eigenvalue weighted by Gasteiger charge is 2.42. The zero-order valence-corrected chi connectivity index (χ0v) is 11.0. The van der Waals surface area contributed by atoms with E-state index in [1.54, 1.807) is 6.92 Å². The monoisotopic (exact) mass is 246 g/mol. The fourth-order valence-electron chi connectivity index (χ4n) is 2.23. The SMILES string of the molecule is CCCC[C@H]1OB(c2ccccc2)O[C@@H]1C(C)=O. The highest BCUT2D eigenvalue weighted by atomic mass is 16.7. The summed E-state index contributed by atoms with van der Waals surface area (Å²) in [5, 5.41) is 0. The lowest BCUT2D eigenvalue weighted by molar-refractivity contribution is -0.124. The van der Waals surface area contributed by atoms with Crippen LogP contribution in [0.4, 0.5) is 0 Å². The molecular weight excluding hydrogens is 227 g/mol. The van der Waals surface area contributed by atoms with Gasteiger partial charge in [0.05, 0.1) is 6.10 Å². The summed E-state index contributed by atoms with van der Waals surface area (Å²) in [6.07, 6.45) is 2.51. The first kappa shape index (κ1) is 13.3. The van der Waals surface area contributed by atoms with Crippen molar-refractivity contribution in [3.05, 3.63) is 30.3 Å². The lowest BCUT2D eigenvalue weighted by Gasteiger charge is -2.14. The molecule has 1 aromatic rings. The second-order valence-corrected chi connectivity index (χ2v) is 4.73. The smallest absolute Gasteiger partial charge is 0.401 e. The molecule has 0 aromatic heterocycles. The van der Waals surface area contributed by atoms with Crippen molar-refractivity contribution >= 4 is 18.4 Å². The van der Waals surface area contributed by atoms with Crippen molar-refractivity contribution in [3.63, 3.8) is 0 Å². The highest BCUT2D eigenvalue weighted by Crippen LogP contribution is 2.22. The van der Waals surface area contributed by atoms with Gasteiger partial charge in [-0.1, -0.05) is 50.1 Å². The molecule has 0 amide bonds. The van der Waals surface area contributed by atoms with Crippen molar-refractivity contribution in [2.75, 3.05) is 0 Å². The van der Waals surface area contributed by atoms with E-state index in [4.69, 9.17) is 9.31 Å². The van der Waals surface area contributed by atoms with Gasteiger partial charge in [-0.2, -0.15) is 0 Å². The second-order valence-electron chi connectivity index (χ2n) is 4.73. The van der Waals surface area contributed by atoms with E-state index in [9.17, 15) is 4.79 Å². The fraction of sp³-hybridized carbons (Fsp3) is 0.500. The molecule has 0 N–H and O–H groups in total. The first-order chi connectivity index (χ1) is 8.72. The Hall–Kier alpha value is -1.13. The molecule has 18 heavy (non-hydrogen) atoms. The molecule has 0 aliphatic carbocycles. The van der Waals surface area contributed by atoms with Gasteiger partial charge in [0, 0.05) is 0 Å². The minimum atomic E-state index is -0.415. The molecule has 1 aliphatic heterocycles. The normalized spacial score (nSPS) is 23.3. The molecule has 0 saturated carbocycles. The molecule has 1 fully saturated rings. The Balaban J connectivity index is 2.07. The number of unbranched alkanes of at least 4 members (excludes halogenated alkanes) is 1. The van der Waals surface area contributed by atoms with Crippen LogP contribution >= 0.6 is 0 Å².